The van der Waals surface area contributed by atoms with Crippen molar-refractivity contribution in [1.29, 1.82) is 5.26 Å². The zero-order chi connectivity index (χ0) is 14.5. The monoisotopic (exact) mass is 329 g/mol. The molecule has 1 N–H and O–H groups in total. The molecule has 0 aromatic heterocycles. The largest absolute Gasteiger partial charge is 0.378 e. The Labute approximate surface area is 128 Å². The summed E-state index contributed by atoms with van der Waals surface area (Å²) in [6.45, 7) is 0. The second kappa shape index (κ2) is 6.44. The molecule has 0 heterocycles. The average Bonchev–Trinajstić information content (AvgIpc) is 2.46. The first-order chi connectivity index (χ1) is 9.61. The van der Waals surface area contributed by atoms with Crippen LogP contribution in [0.25, 0.3) is 0 Å². The molecule has 0 aliphatic carbocycles. The zero-order valence-electron chi connectivity index (χ0n) is 11.5. The number of hydrogen-bond donors (Lipinski definition) is 1. The first-order valence-corrected chi connectivity index (χ1v) is 7.09. The lowest BCUT2D eigenvalue weighted by Crippen LogP contribution is -2.11. The van der Waals surface area contributed by atoms with E-state index >= 15 is 0 Å². The summed E-state index contributed by atoms with van der Waals surface area (Å²) in [5.41, 5.74) is 2.98. The minimum atomic E-state index is -0.370. The van der Waals surface area contributed by atoms with Crippen LogP contribution in [0, 0.1) is 11.3 Å². The van der Waals surface area contributed by atoms with Crippen molar-refractivity contribution < 1.29 is 0 Å². The molecular formula is C16H16BrN3. The summed E-state index contributed by atoms with van der Waals surface area (Å²) >= 11 is 3.48. The molecule has 0 saturated carbocycles. The van der Waals surface area contributed by atoms with Gasteiger partial charge in [0.1, 0.15) is 6.04 Å². The molecule has 1 atom stereocenters. The van der Waals surface area contributed by atoms with Crippen LogP contribution in [-0.2, 0) is 0 Å². The third-order valence-electron chi connectivity index (χ3n) is 3.05. The van der Waals surface area contributed by atoms with Crippen LogP contribution < -0.4 is 10.2 Å². The maximum Gasteiger partial charge on any atom is 0.140 e. The minimum Gasteiger partial charge on any atom is -0.378 e. The second-order valence-corrected chi connectivity index (χ2v) is 5.53. The van der Waals surface area contributed by atoms with Crippen LogP contribution in [0.15, 0.2) is 53.0 Å². The summed E-state index contributed by atoms with van der Waals surface area (Å²) in [6.07, 6.45) is 0. The van der Waals surface area contributed by atoms with E-state index in [0.29, 0.717) is 0 Å². The Kier molecular flexibility index (Phi) is 4.65. The number of para-hydroxylation sites is 1. The Morgan fingerprint density at radius 1 is 1.10 bits per heavy atom. The predicted molar refractivity (Wildman–Crippen MR) is 86.9 cm³/mol. The van der Waals surface area contributed by atoms with Crippen molar-refractivity contribution in [2.75, 3.05) is 24.3 Å². The Balaban J connectivity index is 2.21. The highest BCUT2D eigenvalue weighted by atomic mass is 79.9. The molecule has 3 nitrogen and oxygen atoms in total. The Hall–Kier alpha value is -1.99. The van der Waals surface area contributed by atoms with Gasteiger partial charge in [0.05, 0.1) is 6.07 Å². The van der Waals surface area contributed by atoms with Gasteiger partial charge in [-0.2, -0.15) is 5.26 Å². The number of hydrogen-bond acceptors (Lipinski definition) is 3. The highest BCUT2D eigenvalue weighted by Crippen LogP contribution is 2.26. The van der Waals surface area contributed by atoms with Crippen molar-refractivity contribution in [2.45, 2.75) is 6.04 Å². The molecule has 0 amide bonds. The SMILES string of the molecule is CN(C)c1ccc(C(C#N)Nc2ccccc2Br)cc1. The number of rotatable bonds is 4. The molecule has 0 fully saturated rings. The maximum atomic E-state index is 9.37. The molecule has 1 unspecified atom stereocenters. The fourth-order valence-corrected chi connectivity index (χ4v) is 2.29. The molecule has 2 rings (SSSR count). The Bertz CT molecular complexity index is 614. The van der Waals surface area contributed by atoms with Crippen LogP contribution in [0.5, 0.6) is 0 Å². The highest BCUT2D eigenvalue weighted by molar-refractivity contribution is 9.10. The van der Waals surface area contributed by atoms with Crippen molar-refractivity contribution in [3.63, 3.8) is 0 Å². The fourth-order valence-electron chi connectivity index (χ4n) is 1.89. The van der Waals surface area contributed by atoms with E-state index in [1.165, 1.54) is 0 Å². The van der Waals surface area contributed by atoms with Gasteiger partial charge < -0.3 is 10.2 Å². The molecule has 0 aliphatic heterocycles. The van der Waals surface area contributed by atoms with E-state index in [9.17, 15) is 5.26 Å². The van der Waals surface area contributed by atoms with E-state index in [1.807, 2.05) is 67.5 Å². The smallest absolute Gasteiger partial charge is 0.140 e. The van der Waals surface area contributed by atoms with Gasteiger partial charge in [0.2, 0.25) is 0 Å². The summed E-state index contributed by atoms with van der Waals surface area (Å²) in [6, 6.07) is 17.7. The lowest BCUT2D eigenvalue weighted by atomic mass is 10.1. The summed E-state index contributed by atoms with van der Waals surface area (Å²) in [5, 5.41) is 12.6. The summed E-state index contributed by atoms with van der Waals surface area (Å²) in [7, 11) is 3.99. The number of benzene rings is 2. The third-order valence-corrected chi connectivity index (χ3v) is 3.74. The van der Waals surface area contributed by atoms with Crippen molar-refractivity contribution in [2.24, 2.45) is 0 Å². The van der Waals surface area contributed by atoms with E-state index in [-0.39, 0.29) is 6.04 Å². The summed E-state index contributed by atoms with van der Waals surface area (Å²) < 4.78 is 0.949. The molecule has 0 radical (unpaired) electrons. The molecule has 0 bridgehead atoms. The van der Waals surface area contributed by atoms with E-state index in [2.05, 4.69) is 27.3 Å². The topological polar surface area (TPSA) is 39.1 Å². The van der Waals surface area contributed by atoms with Gasteiger partial charge in [-0.1, -0.05) is 24.3 Å². The Morgan fingerprint density at radius 3 is 2.30 bits per heavy atom. The molecule has 20 heavy (non-hydrogen) atoms. The summed E-state index contributed by atoms with van der Waals surface area (Å²) in [5.74, 6) is 0. The minimum absolute atomic E-state index is 0.370. The Morgan fingerprint density at radius 2 is 1.75 bits per heavy atom. The first kappa shape index (κ1) is 14.4. The van der Waals surface area contributed by atoms with Gasteiger partial charge in [0.25, 0.3) is 0 Å². The van der Waals surface area contributed by atoms with Gasteiger partial charge >= 0.3 is 0 Å². The van der Waals surface area contributed by atoms with Gasteiger partial charge in [0.15, 0.2) is 0 Å². The van der Waals surface area contributed by atoms with Gasteiger partial charge in [-0.05, 0) is 45.8 Å². The molecule has 0 saturated heterocycles. The van der Waals surface area contributed by atoms with Crippen LogP contribution in [0.3, 0.4) is 0 Å². The van der Waals surface area contributed by atoms with Crippen molar-refractivity contribution >= 4 is 27.3 Å². The molecule has 2 aromatic rings. The lowest BCUT2D eigenvalue weighted by molar-refractivity contribution is 0.993. The van der Waals surface area contributed by atoms with Crippen LogP contribution in [0.4, 0.5) is 11.4 Å². The van der Waals surface area contributed by atoms with E-state index in [0.717, 1.165) is 21.4 Å². The quantitative estimate of drug-likeness (QED) is 0.913. The molecule has 4 heteroatoms. The highest BCUT2D eigenvalue weighted by Gasteiger charge is 2.11. The van der Waals surface area contributed by atoms with E-state index in [1.54, 1.807) is 0 Å². The van der Waals surface area contributed by atoms with Crippen LogP contribution in [0.2, 0.25) is 0 Å². The molecule has 2 aromatic carbocycles. The number of halogens is 1. The molecule has 0 aliphatic rings. The van der Waals surface area contributed by atoms with Crippen molar-refractivity contribution in [1.82, 2.24) is 0 Å². The van der Waals surface area contributed by atoms with Gasteiger partial charge in [-0.25, -0.2) is 0 Å². The number of nitrogens with one attached hydrogen (secondary N) is 1. The molecular weight excluding hydrogens is 314 g/mol. The average molecular weight is 330 g/mol. The van der Waals surface area contributed by atoms with Gasteiger partial charge in [-0.15, -0.1) is 0 Å². The van der Waals surface area contributed by atoms with Crippen LogP contribution >= 0.6 is 15.9 Å². The van der Waals surface area contributed by atoms with Crippen LogP contribution in [-0.4, -0.2) is 14.1 Å². The lowest BCUT2D eigenvalue weighted by Gasteiger charge is -2.17. The zero-order valence-corrected chi connectivity index (χ0v) is 13.1. The third kappa shape index (κ3) is 3.31. The van der Waals surface area contributed by atoms with Crippen molar-refractivity contribution in [3.05, 3.63) is 58.6 Å². The van der Waals surface area contributed by atoms with Gasteiger partial charge in [0, 0.05) is 29.9 Å². The fraction of sp³-hybridized carbons (Fsp3) is 0.188. The maximum absolute atomic E-state index is 9.37. The number of nitriles is 1. The standard InChI is InChI=1S/C16H16BrN3/c1-20(2)13-9-7-12(8-10-13)16(11-18)19-15-6-4-3-5-14(15)17/h3-10,16,19H,1-2H3. The predicted octanol–water partition coefficient (Wildman–Crippen LogP) is 4.19. The van der Waals surface area contributed by atoms with Gasteiger partial charge in [-0.3, -0.25) is 0 Å². The normalized spacial score (nSPS) is 11.5. The van der Waals surface area contributed by atoms with Crippen molar-refractivity contribution in [3.8, 4) is 6.07 Å². The number of anilines is 2. The molecule has 102 valence electrons. The summed E-state index contributed by atoms with van der Waals surface area (Å²) in [4.78, 5) is 2.03. The van der Waals surface area contributed by atoms with Crippen LogP contribution in [0.1, 0.15) is 11.6 Å². The van der Waals surface area contributed by atoms with E-state index < -0.39 is 0 Å². The first-order valence-electron chi connectivity index (χ1n) is 6.30. The number of nitrogens with zero attached hydrogens (tertiary/aromatic N) is 2. The second-order valence-electron chi connectivity index (χ2n) is 4.67. The molecule has 0 spiro atoms. The van der Waals surface area contributed by atoms with E-state index in [4.69, 9.17) is 0 Å².